The van der Waals surface area contributed by atoms with Crippen LogP contribution in [0.3, 0.4) is 0 Å². The molecule has 5 heteroatoms. The van der Waals surface area contributed by atoms with Gasteiger partial charge in [-0.1, -0.05) is 30.3 Å². The van der Waals surface area contributed by atoms with Gasteiger partial charge in [-0.15, -0.1) is 0 Å². The van der Waals surface area contributed by atoms with E-state index in [4.69, 9.17) is 4.42 Å². The van der Waals surface area contributed by atoms with E-state index in [1.807, 2.05) is 18.2 Å². The fourth-order valence-electron chi connectivity index (χ4n) is 1.92. The van der Waals surface area contributed by atoms with Crippen LogP contribution in [0, 0.1) is 0 Å². The molecule has 0 aliphatic rings. The molecular formula is C16H12N2O3. The number of hydrogen-bond donors (Lipinski definition) is 2. The summed E-state index contributed by atoms with van der Waals surface area (Å²) in [5.41, 5.74) is 3.72. The Bertz CT molecular complexity index is 788. The largest absolute Gasteiger partial charge is 0.508 e. The number of phenols is 1. The molecule has 0 aliphatic heterocycles. The Hall–Kier alpha value is -3.08. The molecule has 3 rings (SSSR count). The summed E-state index contributed by atoms with van der Waals surface area (Å²) >= 11 is 0. The van der Waals surface area contributed by atoms with E-state index in [0.717, 1.165) is 5.39 Å². The fourth-order valence-corrected chi connectivity index (χ4v) is 1.92. The summed E-state index contributed by atoms with van der Waals surface area (Å²) in [7, 11) is 0. The molecule has 0 unspecified atom stereocenters. The zero-order chi connectivity index (χ0) is 14.7. The highest BCUT2D eigenvalue weighted by Crippen LogP contribution is 2.18. The number of phenolic OH excluding ortho intramolecular Hbond substituents is 1. The highest BCUT2D eigenvalue weighted by molar-refractivity contribution is 5.96. The lowest BCUT2D eigenvalue weighted by Crippen LogP contribution is -2.16. The van der Waals surface area contributed by atoms with E-state index in [0.29, 0.717) is 11.1 Å². The van der Waals surface area contributed by atoms with Crippen LogP contribution in [0.1, 0.15) is 16.1 Å². The van der Waals surface area contributed by atoms with Crippen molar-refractivity contribution in [2.75, 3.05) is 0 Å². The van der Waals surface area contributed by atoms with Crippen LogP contribution in [0.4, 0.5) is 0 Å². The number of carbonyl (C=O) groups excluding carboxylic acids is 1. The van der Waals surface area contributed by atoms with Gasteiger partial charge in [0.15, 0.2) is 5.76 Å². The van der Waals surface area contributed by atoms with Crippen LogP contribution in [-0.2, 0) is 0 Å². The van der Waals surface area contributed by atoms with E-state index >= 15 is 0 Å². The van der Waals surface area contributed by atoms with Crippen LogP contribution >= 0.6 is 0 Å². The van der Waals surface area contributed by atoms with Crippen molar-refractivity contribution in [1.82, 2.24) is 5.43 Å². The summed E-state index contributed by atoms with van der Waals surface area (Å²) in [5, 5.41) is 14.0. The number of amides is 1. The second-order valence-electron chi connectivity index (χ2n) is 4.44. The summed E-state index contributed by atoms with van der Waals surface area (Å²) in [5.74, 6) is -0.0885. The molecule has 1 heterocycles. The highest BCUT2D eigenvalue weighted by Gasteiger charge is 2.10. The number of nitrogens with one attached hydrogen (secondary N) is 1. The third-order valence-electron chi connectivity index (χ3n) is 2.90. The van der Waals surface area contributed by atoms with E-state index in [-0.39, 0.29) is 11.5 Å². The minimum atomic E-state index is -0.428. The predicted octanol–water partition coefficient (Wildman–Crippen LogP) is 2.90. The molecular weight excluding hydrogens is 268 g/mol. The third-order valence-corrected chi connectivity index (χ3v) is 2.90. The molecule has 0 fully saturated rings. The number of nitrogens with zero attached hydrogens (tertiary/aromatic N) is 1. The maximum atomic E-state index is 11.9. The average molecular weight is 280 g/mol. The van der Waals surface area contributed by atoms with Gasteiger partial charge >= 0.3 is 5.91 Å². The summed E-state index contributed by atoms with van der Waals surface area (Å²) in [6, 6.07) is 15.6. The third kappa shape index (κ3) is 2.92. The zero-order valence-corrected chi connectivity index (χ0v) is 11.0. The van der Waals surface area contributed by atoms with E-state index in [9.17, 15) is 9.90 Å². The quantitative estimate of drug-likeness (QED) is 0.572. The van der Waals surface area contributed by atoms with Gasteiger partial charge in [-0.3, -0.25) is 4.79 Å². The molecule has 3 aromatic rings. The number of hydrazone groups is 1. The van der Waals surface area contributed by atoms with Crippen LogP contribution in [-0.4, -0.2) is 17.2 Å². The van der Waals surface area contributed by atoms with Crippen molar-refractivity contribution in [2.45, 2.75) is 0 Å². The molecule has 21 heavy (non-hydrogen) atoms. The fraction of sp³-hybridized carbons (Fsp3) is 0. The molecule has 0 aliphatic carbocycles. The molecule has 0 atom stereocenters. The van der Waals surface area contributed by atoms with Gasteiger partial charge in [-0.05, 0) is 29.8 Å². The summed E-state index contributed by atoms with van der Waals surface area (Å²) in [6.45, 7) is 0. The first-order valence-electron chi connectivity index (χ1n) is 6.33. The van der Waals surface area contributed by atoms with E-state index in [1.165, 1.54) is 12.3 Å². The van der Waals surface area contributed by atoms with Crippen molar-refractivity contribution >= 4 is 23.1 Å². The van der Waals surface area contributed by atoms with Crippen molar-refractivity contribution in [3.8, 4) is 5.75 Å². The Morgan fingerprint density at radius 3 is 2.81 bits per heavy atom. The number of hydrogen-bond acceptors (Lipinski definition) is 4. The molecule has 0 bridgehead atoms. The molecule has 0 spiro atoms. The second-order valence-corrected chi connectivity index (χ2v) is 4.44. The van der Waals surface area contributed by atoms with Gasteiger partial charge in [0, 0.05) is 5.39 Å². The SMILES string of the molecule is O=C(N/N=C/c1cccc(O)c1)c1cc2ccccc2o1. The Kier molecular flexibility index (Phi) is 3.39. The van der Waals surface area contributed by atoms with E-state index in [1.54, 1.807) is 30.3 Å². The van der Waals surface area contributed by atoms with Crippen molar-refractivity contribution < 1.29 is 14.3 Å². The van der Waals surface area contributed by atoms with Crippen LogP contribution in [0.2, 0.25) is 0 Å². The van der Waals surface area contributed by atoms with Gasteiger partial charge in [0.1, 0.15) is 11.3 Å². The summed E-state index contributed by atoms with van der Waals surface area (Å²) in [6.07, 6.45) is 1.44. The Labute approximate surface area is 120 Å². The van der Waals surface area contributed by atoms with Crippen LogP contribution < -0.4 is 5.43 Å². The summed E-state index contributed by atoms with van der Waals surface area (Å²) < 4.78 is 5.43. The molecule has 2 N–H and O–H groups in total. The topological polar surface area (TPSA) is 74.8 Å². The molecule has 0 saturated carbocycles. The van der Waals surface area contributed by atoms with Crippen LogP contribution in [0.25, 0.3) is 11.0 Å². The molecule has 2 aromatic carbocycles. The minimum Gasteiger partial charge on any atom is -0.508 e. The number of aromatic hydroxyl groups is 1. The number of furan rings is 1. The summed E-state index contributed by atoms with van der Waals surface area (Å²) in [4.78, 5) is 11.9. The average Bonchev–Trinajstić information content (AvgIpc) is 2.91. The molecule has 1 amide bonds. The highest BCUT2D eigenvalue weighted by atomic mass is 16.3. The molecule has 1 aromatic heterocycles. The second kappa shape index (κ2) is 5.50. The van der Waals surface area contributed by atoms with Gasteiger partial charge in [0.2, 0.25) is 0 Å². The van der Waals surface area contributed by atoms with Crippen molar-refractivity contribution in [1.29, 1.82) is 0 Å². The monoisotopic (exact) mass is 280 g/mol. The Morgan fingerprint density at radius 2 is 2.00 bits per heavy atom. The van der Waals surface area contributed by atoms with E-state index in [2.05, 4.69) is 10.5 Å². The lowest BCUT2D eigenvalue weighted by molar-refractivity contribution is 0.0929. The number of para-hydroxylation sites is 1. The first kappa shape index (κ1) is 12.9. The molecule has 0 radical (unpaired) electrons. The van der Waals surface area contributed by atoms with Gasteiger partial charge in [0.05, 0.1) is 6.21 Å². The van der Waals surface area contributed by atoms with Gasteiger partial charge in [-0.25, -0.2) is 5.43 Å². The predicted molar refractivity (Wildman–Crippen MR) is 79.4 cm³/mol. The molecule has 5 nitrogen and oxygen atoms in total. The Morgan fingerprint density at radius 1 is 1.14 bits per heavy atom. The Balaban J connectivity index is 1.71. The number of carbonyl (C=O) groups is 1. The van der Waals surface area contributed by atoms with Crippen molar-refractivity contribution in [3.05, 3.63) is 65.9 Å². The van der Waals surface area contributed by atoms with Gasteiger partial charge < -0.3 is 9.52 Å². The van der Waals surface area contributed by atoms with Crippen LogP contribution in [0.5, 0.6) is 5.75 Å². The number of fused-ring (bicyclic) bond motifs is 1. The maximum absolute atomic E-state index is 11.9. The lowest BCUT2D eigenvalue weighted by atomic mass is 10.2. The molecule has 0 saturated heterocycles. The lowest BCUT2D eigenvalue weighted by Gasteiger charge is -1.96. The van der Waals surface area contributed by atoms with Gasteiger partial charge in [-0.2, -0.15) is 5.10 Å². The first-order valence-corrected chi connectivity index (χ1v) is 6.33. The standard InChI is InChI=1S/C16H12N2O3/c19-13-6-3-4-11(8-13)10-17-18-16(20)15-9-12-5-1-2-7-14(12)21-15/h1-10,19H,(H,18,20)/b17-10+. The number of benzene rings is 2. The van der Waals surface area contributed by atoms with Crippen molar-refractivity contribution in [3.63, 3.8) is 0 Å². The zero-order valence-electron chi connectivity index (χ0n) is 11.0. The van der Waals surface area contributed by atoms with Crippen LogP contribution in [0.15, 0.2) is 64.1 Å². The minimum absolute atomic E-state index is 0.141. The normalized spacial score (nSPS) is 11.0. The van der Waals surface area contributed by atoms with Gasteiger partial charge in [0.25, 0.3) is 0 Å². The number of rotatable bonds is 3. The first-order chi connectivity index (χ1) is 10.2. The van der Waals surface area contributed by atoms with Crippen molar-refractivity contribution in [2.24, 2.45) is 5.10 Å². The smallest absolute Gasteiger partial charge is 0.307 e. The maximum Gasteiger partial charge on any atom is 0.307 e. The molecule has 104 valence electrons. The van der Waals surface area contributed by atoms with E-state index < -0.39 is 5.91 Å².